The number of amidine groups is 1. The van der Waals surface area contributed by atoms with Gasteiger partial charge < -0.3 is 36.2 Å². The minimum Gasteiger partial charge on any atom is -0.387 e. The maximum atomic E-state index is 11.1. The Morgan fingerprint density at radius 1 is 1.19 bits per heavy atom. The quantitative estimate of drug-likeness (QED) is 0.216. The summed E-state index contributed by atoms with van der Waals surface area (Å²) in [5.41, 5.74) is 9.50. The number of hydrogen-bond donors (Lipinski definition) is 6. The van der Waals surface area contributed by atoms with Crippen molar-refractivity contribution >= 4 is 23.5 Å². The van der Waals surface area contributed by atoms with Gasteiger partial charge in [-0.2, -0.15) is 9.84 Å². The molecule has 12 nitrogen and oxygen atoms in total. The lowest BCUT2D eigenvalue weighted by Gasteiger charge is -2.42. The molecule has 232 valence electrons. The predicted octanol–water partition coefficient (Wildman–Crippen LogP) is -0.0262. The van der Waals surface area contributed by atoms with Crippen LogP contribution in [0.1, 0.15) is 51.0 Å². The Morgan fingerprint density at radius 3 is 2.67 bits per heavy atom. The third-order valence-electron chi connectivity index (χ3n) is 10.9. The molecule has 4 heterocycles. The summed E-state index contributed by atoms with van der Waals surface area (Å²) in [4.78, 5) is 4.39. The van der Waals surface area contributed by atoms with Crippen molar-refractivity contribution in [3.8, 4) is 6.07 Å². The Kier molecular flexibility index (Phi) is 7.39. The standard InChI is InChI=1S/C31H46N9O3/c1-4-39-17-38(3)28(33)25-29(39)40(16-34-25)30-27(42)26(41)23(43-30)14-37(2)20-11-18(12-20)5-8-24-35-21-7-6-19(13-22(21)36-24)31(15-32)9-10-31/h6-7,13,17-18,20,23-27,29-30,33-36,41-42H,4-5,8-12,14,16H2,1-3H3/q+1/p+1. The van der Waals surface area contributed by atoms with E-state index in [1.54, 1.807) is 0 Å². The van der Waals surface area contributed by atoms with Gasteiger partial charge in [0.15, 0.2) is 6.04 Å². The van der Waals surface area contributed by atoms with Crippen LogP contribution in [0.25, 0.3) is 0 Å². The molecule has 0 radical (unpaired) electrons. The molecule has 12 heteroatoms. The summed E-state index contributed by atoms with van der Waals surface area (Å²) in [7, 11) is 4.05. The molecule has 7 rings (SSSR count). The number of nitrogens with zero attached hydrogens (tertiary/aromatic N) is 5. The van der Waals surface area contributed by atoms with E-state index in [-0.39, 0.29) is 23.8 Å². The highest BCUT2D eigenvalue weighted by Crippen LogP contribution is 2.49. The molecule has 4 aliphatic heterocycles. The van der Waals surface area contributed by atoms with Gasteiger partial charge in [0.1, 0.15) is 38.1 Å². The number of likely N-dealkylation sites (N-methyl/N-ethyl adjacent to an activating group) is 2. The highest BCUT2D eigenvalue weighted by molar-refractivity contribution is 5.85. The molecule has 2 aliphatic carbocycles. The van der Waals surface area contributed by atoms with Gasteiger partial charge in [0.05, 0.1) is 35.7 Å². The second-order valence-corrected chi connectivity index (χ2v) is 13.6. The molecular weight excluding hydrogens is 546 g/mol. The van der Waals surface area contributed by atoms with Gasteiger partial charge in [-0.3, -0.25) is 5.32 Å². The first-order chi connectivity index (χ1) is 20.7. The summed E-state index contributed by atoms with van der Waals surface area (Å²) < 4.78 is 10.5. The summed E-state index contributed by atoms with van der Waals surface area (Å²) in [6.45, 7) is 3.99. The van der Waals surface area contributed by atoms with E-state index in [4.69, 9.17) is 10.5 Å². The number of nitrogens with two attached hydrogens (primary N) is 1. The zero-order valence-corrected chi connectivity index (χ0v) is 25.5. The van der Waals surface area contributed by atoms with Crippen molar-refractivity contribution in [2.24, 2.45) is 11.7 Å². The van der Waals surface area contributed by atoms with Crippen LogP contribution in [-0.4, -0.2) is 124 Å². The van der Waals surface area contributed by atoms with Crippen molar-refractivity contribution in [3.05, 3.63) is 23.8 Å². The van der Waals surface area contributed by atoms with Crippen molar-refractivity contribution in [1.29, 1.82) is 5.26 Å². The summed E-state index contributed by atoms with van der Waals surface area (Å²) >= 11 is 0. The van der Waals surface area contributed by atoms with Crippen molar-refractivity contribution < 1.29 is 24.1 Å². The molecule has 0 spiro atoms. The first-order valence-corrected chi connectivity index (χ1v) is 16.0. The van der Waals surface area contributed by atoms with E-state index < -0.39 is 24.5 Å². The molecule has 7 unspecified atom stereocenters. The SMILES string of the molecule is CC[N+]1=C[N+](C)=C(N)C2NCN(C3OC(CN(C)C4CC(CCC5Nc6ccc(C7(C#N)CC7)cc6N5)C4)C(O)C3O)C21. The first kappa shape index (κ1) is 29.0. The lowest BCUT2D eigenvalue weighted by Crippen LogP contribution is -2.60. The third-order valence-corrected chi connectivity index (χ3v) is 10.9. The number of benzene rings is 1. The molecule has 6 aliphatic rings. The lowest BCUT2D eigenvalue weighted by atomic mass is 9.76. The largest absolute Gasteiger partial charge is 0.404 e. The molecule has 43 heavy (non-hydrogen) atoms. The minimum atomic E-state index is -0.992. The van der Waals surface area contributed by atoms with Gasteiger partial charge in [0.2, 0.25) is 6.17 Å². The number of nitriles is 1. The molecular formula is C31H47N9O3+2. The number of rotatable bonds is 9. The van der Waals surface area contributed by atoms with Crippen LogP contribution >= 0.6 is 0 Å². The summed E-state index contributed by atoms with van der Waals surface area (Å²) in [5.74, 6) is 1.41. The van der Waals surface area contributed by atoms with Crippen molar-refractivity contribution in [3.63, 3.8) is 0 Å². The topological polar surface area (TPSA) is 148 Å². The number of aliphatic hydroxyl groups excluding tert-OH is 2. The Labute approximate surface area is 253 Å². The van der Waals surface area contributed by atoms with E-state index in [1.807, 2.05) is 18.0 Å². The van der Waals surface area contributed by atoms with Crippen LogP contribution in [0.2, 0.25) is 0 Å². The van der Waals surface area contributed by atoms with Crippen LogP contribution in [0.5, 0.6) is 0 Å². The van der Waals surface area contributed by atoms with Crippen LogP contribution < -0.4 is 21.7 Å². The summed E-state index contributed by atoms with van der Waals surface area (Å²) in [5, 5.41) is 42.3. The highest BCUT2D eigenvalue weighted by atomic mass is 16.6. The van der Waals surface area contributed by atoms with Gasteiger partial charge in [0.25, 0.3) is 5.84 Å². The fourth-order valence-electron chi connectivity index (χ4n) is 7.84. The number of anilines is 2. The second-order valence-electron chi connectivity index (χ2n) is 13.6. The number of aliphatic hydroxyl groups is 2. The van der Waals surface area contributed by atoms with Gasteiger partial charge in [0, 0.05) is 12.6 Å². The lowest BCUT2D eigenvalue weighted by molar-refractivity contribution is -0.627. The average Bonchev–Trinajstić information content (AvgIpc) is 3.35. The van der Waals surface area contributed by atoms with E-state index in [1.165, 1.54) is 0 Å². The van der Waals surface area contributed by atoms with Crippen LogP contribution in [-0.2, 0) is 10.2 Å². The predicted molar refractivity (Wildman–Crippen MR) is 163 cm³/mol. The highest BCUT2D eigenvalue weighted by Gasteiger charge is 2.57. The molecule has 1 aromatic rings. The first-order valence-electron chi connectivity index (χ1n) is 16.0. The zero-order chi connectivity index (χ0) is 30.0. The third kappa shape index (κ3) is 5.00. The molecule has 1 aromatic carbocycles. The molecule has 0 aromatic heterocycles. The average molecular weight is 594 g/mol. The van der Waals surface area contributed by atoms with E-state index in [0.29, 0.717) is 25.2 Å². The number of ether oxygens (including phenoxy) is 1. The molecule has 4 fully saturated rings. The van der Waals surface area contributed by atoms with Crippen LogP contribution in [0.3, 0.4) is 0 Å². The van der Waals surface area contributed by atoms with Crippen LogP contribution in [0, 0.1) is 17.2 Å². The molecule has 2 saturated carbocycles. The van der Waals surface area contributed by atoms with Crippen molar-refractivity contribution in [2.45, 2.75) is 99.8 Å². The van der Waals surface area contributed by atoms with E-state index >= 15 is 0 Å². The van der Waals surface area contributed by atoms with Gasteiger partial charge in [-0.1, -0.05) is 6.07 Å². The maximum absolute atomic E-state index is 11.1. The van der Waals surface area contributed by atoms with Gasteiger partial charge in [-0.15, -0.1) is 4.58 Å². The second kappa shape index (κ2) is 11.0. The monoisotopic (exact) mass is 593 g/mol. The van der Waals surface area contributed by atoms with Gasteiger partial charge in [-0.05, 0) is 76.1 Å². The van der Waals surface area contributed by atoms with Crippen LogP contribution in [0.15, 0.2) is 18.2 Å². The minimum absolute atomic E-state index is 0.0730. The number of fused-ring (bicyclic) bond motifs is 2. The number of hydrogen-bond acceptors (Lipinski definition) is 10. The smallest absolute Gasteiger partial charge is 0.387 e. The molecule has 0 bridgehead atoms. The Hall–Kier alpha value is -2.79. The molecule has 2 saturated heterocycles. The number of nitrogens with one attached hydrogen (secondary N) is 3. The van der Waals surface area contributed by atoms with Gasteiger partial charge in [-0.25, -0.2) is 4.90 Å². The van der Waals surface area contributed by atoms with Crippen molar-refractivity contribution in [2.75, 3.05) is 44.5 Å². The van der Waals surface area contributed by atoms with Gasteiger partial charge >= 0.3 is 6.34 Å². The Bertz CT molecular complexity index is 1350. The Balaban J connectivity index is 0.879. The summed E-state index contributed by atoms with van der Waals surface area (Å²) in [6, 6.07) is 9.25. The Morgan fingerprint density at radius 2 is 1.95 bits per heavy atom. The van der Waals surface area contributed by atoms with E-state index in [9.17, 15) is 15.5 Å². The summed E-state index contributed by atoms with van der Waals surface area (Å²) in [6.07, 6.45) is 5.51. The fraction of sp³-hybridized carbons (Fsp3) is 0.710. The van der Waals surface area contributed by atoms with E-state index in [2.05, 4.69) is 68.6 Å². The zero-order valence-electron chi connectivity index (χ0n) is 25.5. The normalized spacial score (nSPS) is 37.7. The van der Waals surface area contributed by atoms with E-state index in [0.717, 1.165) is 67.8 Å². The maximum Gasteiger partial charge on any atom is 0.404 e. The van der Waals surface area contributed by atoms with Crippen LogP contribution in [0.4, 0.5) is 11.4 Å². The molecule has 0 amide bonds. The van der Waals surface area contributed by atoms with Crippen molar-refractivity contribution in [1.82, 2.24) is 15.1 Å². The fourth-order valence-corrected chi connectivity index (χ4v) is 7.84. The molecule has 7 atom stereocenters. The molecule has 7 N–H and O–H groups in total.